The van der Waals surface area contributed by atoms with Gasteiger partial charge in [-0.2, -0.15) is 0 Å². The summed E-state index contributed by atoms with van der Waals surface area (Å²) in [7, 11) is 0. The van der Waals surface area contributed by atoms with E-state index in [2.05, 4.69) is 110 Å². The van der Waals surface area contributed by atoms with Crippen LogP contribution in [0.25, 0.3) is 33.4 Å². The van der Waals surface area contributed by atoms with Gasteiger partial charge in [0, 0.05) is 0 Å². The maximum absolute atomic E-state index is 2.30. The molecule has 120 valence electrons. The number of hydrogen-bond donors (Lipinski definition) is 0. The summed E-state index contributed by atoms with van der Waals surface area (Å²) < 4.78 is 0. The number of hydrogen-bond acceptors (Lipinski definition) is 0. The quantitative estimate of drug-likeness (QED) is 0.381. The predicted molar refractivity (Wildman–Crippen MR) is 107 cm³/mol. The van der Waals surface area contributed by atoms with Crippen molar-refractivity contribution >= 4 is 0 Å². The molecule has 4 rings (SSSR count). The third-order valence-electron chi connectivity index (χ3n) is 4.63. The molecule has 0 aliphatic carbocycles. The van der Waals surface area contributed by atoms with Gasteiger partial charge in [0.05, 0.1) is 0 Å². The summed E-state index contributed by atoms with van der Waals surface area (Å²) in [4.78, 5) is 0. The van der Waals surface area contributed by atoms with Crippen molar-refractivity contribution in [3.63, 3.8) is 0 Å². The van der Waals surface area contributed by atoms with E-state index in [0.29, 0.717) is 0 Å². The van der Waals surface area contributed by atoms with Gasteiger partial charge in [0.25, 0.3) is 0 Å². The van der Waals surface area contributed by atoms with Crippen molar-refractivity contribution in [2.75, 3.05) is 0 Å². The number of rotatable bonds is 3. The smallest absolute Gasteiger partial charge is 0.0148 e. The lowest BCUT2D eigenvalue weighted by atomic mass is 9.93. The zero-order valence-corrected chi connectivity index (χ0v) is 14.3. The van der Waals surface area contributed by atoms with Gasteiger partial charge in [0.2, 0.25) is 0 Å². The van der Waals surface area contributed by atoms with Crippen LogP contribution in [0.5, 0.6) is 0 Å². The molecule has 0 saturated carbocycles. The van der Waals surface area contributed by atoms with Gasteiger partial charge in [-0.05, 0) is 58.0 Å². The van der Waals surface area contributed by atoms with Gasteiger partial charge < -0.3 is 0 Å². The molecule has 0 aliphatic rings. The molecule has 0 bridgehead atoms. The molecule has 0 heterocycles. The fourth-order valence-corrected chi connectivity index (χ4v) is 3.24. The van der Waals surface area contributed by atoms with Crippen molar-refractivity contribution in [2.45, 2.75) is 6.92 Å². The second kappa shape index (κ2) is 6.78. The van der Waals surface area contributed by atoms with E-state index < -0.39 is 0 Å². The van der Waals surface area contributed by atoms with Crippen molar-refractivity contribution in [3.05, 3.63) is 109 Å². The summed E-state index contributed by atoms with van der Waals surface area (Å²) in [6.45, 7) is 2.18. The molecular formula is C25H20. The van der Waals surface area contributed by atoms with Crippen LogP contribution in [0.1, 0.15) is 5.56 Å². The van der Waals surface area contributed by atoms with Crippen LogP contribution in [0.3, 0.4) is 0 Å². The molecule has 25 heavy (non-hydrogen) atoms. The molecule has 0 radical (unpaired) electrons. The second-order valence-corrected chi connectivity index (χ2v) is 6.34. The Balaban J connectivity index is 1.80. The van der Waals surface area contributed by atoms with E-state index in [9.17, 15) is 0 Å². The third kappa shape index (κ3) is 3.25. The summed E-state index contributed by atoms with van der Waals surface area (Å²) in [5, 5.41) is 0. The molecule has 0 fully saturated rings. The van der Waals surface area contributed by atoms with E-state index in [1.165, 1.54) is 38.9 Å². The molecule has 0 saturated heterocycles. The van der Waals surface area contributed by atoms with Gasteiger partial charge in [-0.1, -0.05) is 91.0 Å². The van der Waals surface area contributed by atoms with Crippen molar-refractivity contribution < 1.29 is 0 Å². The topological polar surface area (TPSA) is 0 Å². The Morgan fingerprint density at radius 3 is 1.56 bits per heavy atom. The SMILES string of the molecule is Cc1ccc(-c2ccccc2)cc1-c1cccc(-c2ccccc2)c1. The normalized spacial score (nSPS) is 10.6. The summed E-state index contributed by atoms with van der Waals surface area (Å²) in [6, 6.07) is 36.6. The highest BCUT2D eigenvalue weighted by atomic mass is 14.1. The Hall–Kier alpha value is -3.12. The van der Waals surface area contributed by atoms with Gasteiger partial charge in [-0.25, -0.2) is 0 Å². The van der Waals surface area contributed by atoms with Crippen LogP contribution >= 0.6 is 0 Å². The Morgan fingerprint density at radius 2 is 0.920 bits per heavy atom. The number of aryl methyl sites for hydroxylation is 1. The standard InChI is InChI=1S/C25H20/c1-19-15-16-23(21-11-6-3-7-12-21)18-25(19)24-14-8-13-22(17-24)20-9-4-2-5-10-20/h2-18H,1H3. The maximum atomic E-state index is 2.30. The molecule has 0 nitrogen and oxygen atoms in total. The van der Waals surface area contributed by atoms with Crippen LogP contribution in [0.2, 0.25) is 0 Å². The Morgan fingerprint density at radius 1 is 0.400 bits per heavy atom. The van der Waals surface area contributed by atoms with Gasteiger partial charge in [-0.3, -0.25) is 0 Å². The summed E-state index contributed by atoms with van der Waals surface area (Å²) >= 11 is 0. The first-order valence-corrected chi connectivity index (χ1v) is 8.63. The fourth-order valence-electron chi connectivity index (χ4n) is 3.24. The lowest BCUT2D eigenvalue weighted by Gasteiger charge is -2.11. The molecule has 4 aromatic rings. The number of benzene rings is 4. The average molecular weight is 320 g/mol. The molecule has 0 heteroatoms. The zero-order chi connectivity index (χ0) is 17.1. The third-order valence-corrected chi connectivity index (χ3v) is 4.63. The first-order chi connectivity index (χ1) is 12.3. The van der Waals surface area contributed by atoms with Gasteiger partial charge in [0.15, 0.2) is 0 Å². The Bertz CT molecular complexity index is 983. The first-order valence-electron chi connectivity index (χ1n) is 8.63. The molecular weight excluding hydrogens is 300 g/mol. The maximum Gasteiger partial charge on any atom is -0.0148 e. The molecule has 4 aromatic carbocycles. The van der Waals surface area contributed by atoms with Gasteiger partial charge in [-0.15, -0.1) is 0 Å². The highest BCUT2D eigenvalue weighted by molar-refractivity contribution is 5.78. The summed E-state index contributed by atoms with van der Waals surface area (Å²) in [6.07, 6.45) is 0. The Labute approximate surface area is 149 Å². The molecule has 0 N–H and O–H groups in total. The lowest BCUT2D eigenvalue weighted by molar-refractivity contribution is 1.45. The van der Waals surface area contributed by atoms with E-state index in [1.54, 1.807) is 0 Å². The molecule has 0 spiro atoms. The zero-order valence-electron chi connectivity index (χ0n) is 14.3. The van der Waals surface area contributed by atoms with Crippen LogP contribution in [-0.4, -0.2) is 0 Å². The van der Waals surface area contributed by atoms with Crippen molar-refractivity contribution in [3.8, 4) is 33.4 Å². The second-order valence-electron chi connectivity index (χ2n) is 6.34. The summed E-state index contributed by atoms with van der Waals surface area (Å²) in [5.41, 5.74) is 8.86. The molecule has 0 atom stereocenters. The molecule has 0 aromatic heterocycles. The highest BCUT2D eigenvalue weighted by Gasteiger charge is 2.06. The van der Waals surface area contributed by atoms with Gasteiger partial charge in [0.1, 0.15) is 0 Å². The van der Waals surface area contributed by atoms with Crippen molar-refractivity contribution in [1.82, 2.24) is 0 Å². The van der Waals surface area contributed by atoms with E-state index in [0.717, 1.165) is 0 Å². The van der Waals surface area contributed by atoms with Crippen LogP contribution in [0.15, 0.2) is 103 Å². The van der Waals surface area contributed by atoms with Crippen LogP contribution in [0.4, 0.5) is 0 Å². The van der Waals surface area contributed by atoms with E-state index >= 15 is 0 Å². The molecule has 0 amide bonds. The van der Waals surface area contributed by atoms with Gasteiger partial charge >= 0.3 is 0 Å². The fraction of sp³-hybridized carbons (Fsp3) is 0.0400. The van der Waals surface area contributed by atoms with E-state index in [-0.39, 0.29) is 0 Å². The Kier molecular flexibility index (Phi) is 4.18. The minimum Gasteiger partial charge on any atom is -0.0622 e. The summed E-state index contributed by atoms with van der Waals surface area (Å²) in [5.74, 6) is 0. The first kappa shape index (κ1) is 15.4. The van der Waals surface area contributed by atoms with Crippen molar-refractivity contribution in [2.24, 2.45) is 0 Å². The lowest BCUT2D eigenvalue weighted by Crippen LogP contribution is -1.87. The minimum absolute atomic E-state index is 1.25. The average Bonchev–Trinajstić information content (AvgIpc) is 2.70. The monoisotopic (exact) mass is 320 g/mol. The highest BCUT2D eigenvalue weighted by Crippen LogP contribution is 2.31. The van der Waals surface area contributed by atoms with E-state index in [1.807, 2.05) is 0 Å². The largest absolute Gasteiger partial charge is 0.0622 e. The van der Waals surface area contributed by atoms with Crippen LogP contribution in [-0.2, 0) is 0 Å². The van der Waals surface area contributed by atoms with Crippen molar-refractivity contribution in [1.29, 1.82) is 0 Å². The predicted octanol–water partition coefficient (Wildman–Crippen LogP) is 7.00. The van der Waals surface area contributed by atoms with Crippen LogP contribution in [0, 0.1) is 6.92 Å². The molecule has 0 unspecified atom stereocenters. The minimum atomic E-state index is 1.25. The molecule has 0 aliphatic heterocycles. The van der Waals surface area contributed by atoms with E-state index in [4.69, 9.17) is 0 Å². The van der Waals surface area contributed by atoms with Crippen LogP contribution < -0.4 is 0 Å².